The van der Waals surface area contributed by atoms with Crippen LogP contribution in [0, 0.1) is 12.8 Å². The highest BCUT2D eigenvalue weighted by Gasteiger charge is 2.44. The largest absolute Gasteiger partial charge is 0.298 e. The quantitative estimate of drug-likeness (QED) is 0.203. The first-order valence-corrected chi connectivity index (χ1v) is 14.3. The molecule has 4 aromatic rings. The Kier molecular flexibility index (Phi) is 7.56. The van der Waals surface area contributed by atoms with Gasteiger partial charge in [0.2, 0.25) is 0 Å². The monoisotopic (exact) mass is 511 g/mol. The van der Waals surface area contributed by atoms with Gasteiger partial charge in [-0.2, -0.15) is 8.42 Å². The molecule has 0 aliphatic carbocycles. The van der Waals surface area contributed by atoms with Crippen molar-refractivity contribution in [3.8, 4) is 0 Å². The maximum Gasteiger partial charge on any atom is 0.298 e. The van der Waals surface area contributed by atoms with Crippen molar-refractivity contribution in [1.82, 2.24) is 4.90 Å². The Labute approximate surface area is 220 Å². The number of nitrogens with zero attached hydrogens (tertiary/aromatic N) is 1. The molecule has 0 saturated carbocycles. The van der Waals surface area contributed by atoms with E-state index >= 15 is 0 Å². The minimum Gasteiger partial charge on any atom is -0.280 e. The smallest absolute Gasteiger partial charge is 0.280 e. The second-order valence-electron chi connectivity index (χ2n) is 9.81. The summed E-state index contributed by atoms with van der Waals surface area (Å²) in [5, 5.41) is 0. The lowest BCUT2D eigenvalue weighted by Gasteiger charge is -2.46. The van der Waals surface area contributed by atoms with E-state index in [0.717, 1.165) is 31.5 Å². The molecular formula is C32H33NO3S. The van der Waals surface area contributed by atoms with Crippen molar-refractivity contribution in [1.29, 1.82) is 0 Å². The van der Waals surface area contributed by atoms with Gasteiger partial charge in [-0.1, -0.05) is 109 Å². The SMILES string of the molecule is Cc1ccc(S(=O)(=O)OCN2CCC(C(c3ccccc3)(c3ccccc3)c3ccccc3)CC2)cc1. The van der Waals surface area contributed by atoms with Crippen LogP contribution in [0.4, 0.5) is 0 Å². The van der Waals surface area contributed by atoms with Crippen LogP contribution in [0.3, 0.4) is 0 Å². The molecule has 1 saturated heterocycles. The molecule has 1 fully saturated rings. The van der Waals surface area contributed by atoms with Gasteiger partial charge in [0.15, 0.2) is 0 Å². The molecule has 5 rings (SSSR count). The van der Waals surface area contributed by atoms with Crippen molar-refractivity contribution in [2.45, 2.75) is 30.1 Å². The number of likely N-dealkylation sites (tertiary alicyclic amines) is 1. The van der Waals surface area contributed by atoms with Crippen molar-refractivity contribution < 1.29 is 12.6 Å². The molecule has 1 aliphatic rings. The van der Waals surface area contributed by atoms with Crippen LogP contribution in [0.1, 0.15) is 35.1 Å². The molecule has 0 atom stereocenters. The highest BCUT2D eigenvalue weighted by Crippen LogP contribution is 2.49. The summed E-state index contributed by atoms with van der Waals surface area (Å²) in [4.78, 5) is 2.30. The normalized spacial score (nSPS) is 15.5. The molecule has 0 radical (unpaired) electrons. The van der Waals surface area contributed by atoms with Crippen LogP contribution in [-0.4, -0.2) is 33.1 Å². The predicted octanol–water partition coefficient (Wildman–Crippen LogP) is 6.40. The Bertz CT molecular complexity index is 1280. The Hall–Kier alpha value is -3.25. The van der Waals surface area contributed by atoms with Crippen LogP contribution >= 0.6 is 0 Å². The summed E-state index contributed by atoms with van der Waals surface area (Å²) >= 11 is 0. The highest BCUT2D eigenvalue weighted by atomic mass is 32.2. The third-order valence-corrected chi connectivity index (χ3v) is 8.85. The van der Waals surface area contributed by atoms with Gasteiger partial charge in [0.25, 0.3) is 10.1 Å². The molecule has 4 nitrogen and oxygen atoms in total. The van der Waals surface area contributed by atoms with Crippen LogP contribution in [-0.2, 0) is 19.7 Å². The molecule has 0 unspecified atom stereocenters. The fourth-order valence-corrected chi connectivity index (χ4v) is 6.62. The zero-order valence-electron chi connectivity index (χ0n) is 21.2. The van der Waals surface area contributed by atoms with Crippen molar-refractivity contribution in [2.75, 3.05) is 19.8 Å². The summed E-state index contributed by atoms with van der Waals surface area (Å²) in [6.45, 7) is 3.53. The van der Waals surface area contributed by atoms with E-state index < -0.39 is 10.1 Å². The molecule has 4 aromatic carbocycles. The maximum atomic E-state index is 12.7. The lowest BCUT2D eigenvalue weighted by molar-refractivity contribution is 0.0804. The Balaban J connectivity index is 1.41. The van der Waals surface area contributed by atoms with Crippen LogP contribution in [0.5, 0.6) is 0 Å². The number of rotatable bonds is 8. The summed E-state index contributed by atoms with van der Waals surface area (Å²) in [5.74, 6) is 0.338. The first-order chi connectivity index (χ1) is 18.0. The summed E-state index contributed by atoms with van der Waals surface area (Å²) in [7, 11) is -3.79. The van der Waals surface area contributed by atoms with E-state index in [0.29, 0.717) is 5.92 Å². The number of benzene rings is 4. The fourth-order valence-electron chi connectivity index (χ4n) is 5.72. The molecule has 37 heavy (non-hydrogen) atoms. The van der Waals surface area contributed by atoms with Gasteiger partial charge >= 0.3 is 0 Å². The number of hydrogen-bond donors (Lipinski definition) is 0. The van der Waals surface area contributed by atoms with E-state index in [-0.39, 0.29) is 17.0 Å². The van der Waals surface area contributed by atoms with Crippen LogP contribution < -0.4 is 0 Å². The molecule has 1 aliphatic heterocycles. The van der Waals surface area contributed by atoms with Crippen molar-refractivity contribution >= 4 is 10.1 Å². The molecular weight excluding hydrogens is 478 g/mol. The average molecular weight is 512 g/mol. The van der Waals surface area contributed by atoms with Gasteiger partial charge in [-0.3, -0.25) is 9.08 Å². The zero-order valence-corrected chi connectivity index (χ0v) is 22.0. The summed E-state index contributed by atoms with van der Waals surface area (Å²) < 4.78 is 30.9. The van der Waals surface area contributed by atoms with Gasteiger partial charge < -0.3 is 0 Å². The average Bonchev–Trinajstić information content (AvgIpc) is 2.95. The van der Waals surface area contributed by atoms with Crippen LogP contribution in [0.15, 0.2) is 120 Å². The van der Waals surface area contributed by atoms with E-state index in [1.54, 1.807) is 24.3 Å². The molecule has 1 heterocycles. The minimum absolute atomic E-state index is 0.0674. The van der Waals surface area contributed by atoms with Gasteiger partial charge in [0.05, 0.1) is 4.90 Å². The number of piperidine rings is 1. The summed E-state index contributed by atoms with van der Waals surface area (Å²) in [6.07, 6.45) is 1.85. The van der Waals surface area contributed by atoms with Gasteiger partial charge in [0, 0.05) is 18.5 Å². The third kappa shape index (κ3) is 5.26. The number of hydrogen-bond acceptors (Lipinski definition) is 4. The van der Waals surface area contributed by atoms with E-state index in [1.807, 2.05) is 6.92 Å². The first-order valence-electron chi connectivity index (χ1n) is 12.9. The standard InChI is InChI=1S/C32H33NO3S/c1-26-17-19-31(20-18-26)37(34,35)36-25-33-23-21-30(22-24-33)32(27-11-5-2-6-12-27,28-13-7-3-8-14-28)29-15-9-4-10-16-29/h2-20,30H,21-25H2,1H3. The van der Waals surface area contributed by atoms with E-state index in [1.165, 1.54) is 16.7 Å². The summed E-state index contributed by atoms with van der Waals surface area (Å²) in [6, 6.07) is 39.1. The molecule has 0 bridgehead atoms. The van der Waals surface area contributed by atoms with Gasteiger partial charge in [-0.05, 0) is 54.5 Å². The van der Waals surface area contributed by atoms with E-state index in [4.69, 9.17) is 4.18 Å². The lowest BCUT2D eigenvalue weighted by Crippen LogP contribution is -2.45. The third-order valence-electron chi connectivity index (χ3n) is 7.59. The first kappa shape index (κ1) is 25.4. The molecule has 0 spiro atoms. The molecule has 0 aromatic heterocycles. The van der Waals surface area contributed by atoms with Crippen molar-refractivity contribution in [3.63, 3.8) is 0 Å². The number of aryl methyl sites for hydroxylation is 1. The summed E-state index contributed by atoms with van der Waals surface area (Å²) in [5.41, 5.74) is 4.56. The lowest BCUT2D eigenvalue weighted by atomic mass is 9.59. The Morgan fingerprint density at radius 1 is 0.703 bits per heavy atom. The Morgan fingerprint density at radius 2 is 1.14 bits per heavy atom. The Morgan fingerprint density at radius 3 is 1.57 bits per heavy atom. The fraction of sp³-hybridized carbons (Fsp3) is 0.250. The maximum absolute atomic E-state index is 12.7. The van der Waals surface area contributed by atoms with Gasteiger partial charge in [-0.25, -0.2) is 0 Å². The van der Waals surface area contributed by atoms with Crippen LogP contribution in [0.2, 0.25) is 0 Å². The minimum atomic E-state index is -3.79. The topological polar surface area (TPSA) is 46.6 Å². The van der Waals surface area contributed by atoms with Crippen LogP contribution in [0.25, 0.3) is 0 Å². The molecule has 0 N–H and O–H groups in total. The second kappa shape index (κ2) is 11.0. The van der Waals surface area contributed by atoms with Crippen molar-refractivity contribution in [2.24, 2.45) is 5.92 Å². The highest BCUT2D eigenvalue weighted by molar-refractivity contribution is 7.86. The molecule has 190 valence electrons. The molecule has 0 amide bonds. The molecule has 5 heteroatoms. The predicted molar refractivity (Wildman–Crippen MR) is 148 cm³/mol. The van der Waals surface area contributed by atoms with Gasteiger partial charge in [-0.15, -0.1) is 0 Å². The zero-order chi connectivity index (χ0) is 25.7. The van der Waals surface area contributed by atoms with E-state index in [9.17, 15) is 8.42 Å². The van der Waals surface area contributed by atoms with Crippen molar-refractivity contribution in [3.05, 3.63) is 138 Å². The van der Waals surface area contributed by atoms with Gasteiger partial charge in [0.1, 0.15) is 6.73 Å². The van der Waals surface area contributed by atoms with E-state index in [2.05, 4.69) is 95.9 Å². The second-order valence-corrected chi connectivity index (χ2v) is 11.4.